The minimum Gasteiger partial charge on any atom is -0.445 e. The minimum absolute atomic E-state index is 0.0895. The van der Waals surface area contributed by atoms with Crippen LogP contribution in [0.15, 0.2) is 24.3 Å². The first-order valence-electron chi connectivity index (χ1n) is 10.0. The number of carbonyl (C=O) groups excluding carboxylic acids is 1. The Morgan fingerprint density at radius 3 is 1.85 bits per heavy atom. The van der Waals surface area contributed by atoms with E-state index in [9.17, 15) is 24.0 Å². The summed E-state index contributed by atoms with van der Waals surface area (Å²) in [6, 6.07) is 5.50. The molecule has 0 radical (unpaired) electrons. The Morgan fingerprint density at radius 2 is 1.47 bits per heavy atom. The zero-order chi connectivity index (χ0) is 26.2. The maximum Gasteiger partial charge on any atom is 0.407 e. The first-order chi connectivity index (χ1) is 15.7. The lowest BCUT2D eigenvalue weighted by Crippen LogP contribution is -2.46. The van der Waals surface area contributed by atoms with E-state index >= 15 is 0 Å². The molecule has 1 aromatic rings. The molecule has 0 unspecified atom stereocenters. The second-order valence-electron chi connectivity index (χ2n) is 7.86. The summed E-state index contributed by atoms with van der Waals surface area (Å²) in [7, 11) is -6.62. The fourth-order valence-electron chi connectivity index (χ4n) is 3.04. The number of hydrogen-bond donors (Lipinski definition) is 1. The number of non-ortho nitro benzene ring substituents is 1. The van der Waals surface area contributed by atoms with E-state index in [2.05, 4.69) is 5.32 Å². The number of alkyl carbamates (subject to hydrolysis) is 1. The molecule has 0 spiro atoms. The summed E-state index contributed by atoms with van der Waals surface area (Å²) < 4.78 is 59.0. The van der Waals surface area contributed by atoms with Crippen molar-refractivity contribution in [2.75, 3.05) is 35.0 Å². The number of carbonyl (C=O) groups is 1. The number of nitrogens with one attached hydrogen (secondary N) is 1. The van der Waals surface area contributed by atoms with Crippen molar-refractivity contribution in [1.82, 2.24) is 5.32 Å². The molecule has 1 rings (SSSR count). The highest BCUT2D eigenvalue weighted by Crippen LogP contribution is 2.79. The molecule has 13 nitrogen and oxygen atoms in total. The number of hydrogen-bond acceptors (Lipinski definition) is 11. The number of rotatable bonds is 14. The molecule has 0 aliphatic heterocycles. The number of amides is 1. The van der Waals surface area contributed by atoms with Crippen molar-refractivity contribution in [2.24, 2.45) is 0 Å². The Morgan fingerprint density at radius 1 is 1.00 bits per heavy atom. The maximum atomic E-state index is 13.6. The van der Waals surface area contributed by atoms with E-state index in [0.717, 1.165) is 28.4 Å². The second kappa shape index (κ2) is 12.4. The first-order valence-corrected chi connectivity index (χ1v) is 16.5. The van der Waals surface area contributed by atoms with Crippen LogP contribution in [-0.4, -0.2) is 59.4 Å². The van der Waals surface area contributed by atoms with Gasteiger partial charge in [-0.25, -0.2) is 4.79 Å². The highest BCUT2D eigenvalue weighted by Gasteiger charge is 2.66. The molecule has 0 atom stereocenters. The van der Waals surface area contributed by atoms with E-state index in [4.69, 9.17) is 27.3 Å². The van der Waals surface area contributed by atoms with Crippen LogP contribution in [0.2, 0.25) is 19.6 Å². The van der Waals surface area contributed by atoms with Gasteiger partial charge in [0.25, 0.3) is 10.8 Å². The Hall–Kier alpha value is -1.63. The highest BCUT2D eigenvalue weighted by molar-refractivity contribution is 7.74. The van der Waals surface area contributed by atoms with Gasteiger partial charge in [-0.15, -0.1) is 0 Å². The molecular formula is C18H32N2O11P2Si. The van der Waals surface area contributed by atoms with Crippen LogP contribution in [0, 0.1) is 10.1 Å². The molecule has 0 heterocycles. The van der Waals surface area contributed by atoms with E-state index < -0.39 is 39.6 Å². The average Bonchev–Trinajstić information content (AvgIpc) is 2.80. The van der Waals surface area contributed by atoms with E-state index in [1.54, 1.807) is 19.6 Å². The van der Waals surface area contributed by atoms with Crippen molar-refractivity contribution in [3.8, 4) is 0 Å². The third kappa shape index (κ3) is 7.19. The molecule has 0 bridgehead atoms. The monoisotopic (exact) mass is 542 g/mol. The predicted octanol–water partition coefficient (Wildman–Crippen LogP) is 4.69. The van der Waals surface area contributed by atoms with Gasteiger partial charge in [-0.1, -0.05) is 0 Å². The molecule has 1 aromatic carbocycles. The molecule has 0 aliphatic carbocycles. The maximum absolute atomic E-state index is 13.6. The van der Waals surface area contributed by atoms with Crippen molar-refractivity contribution in [3.05, 3.63) is 39.9 Å². The van der Waals surface area contributed by atoms with Gasteiger partial charge in [-0.3, -0.25) is 19.2 Å². The van der Waals surface area contributed by atoms with Gasteiger partial charge in [0, 0.05) is 53.5 Å². The first kappa shape index (κ1) is 30.4. The smallest absolute Gasteiger partial charge is 0.407 e. The lowest BCUT2D eigenvalue weighted by atomic mass is 10.2. The van der Waals surface area contributed by atoms with Gasteiger partial charge in [0.2, 0.25) is 0 Å². The van der Waals surface area contributed by atoms with E-state index in [1.165, 1.54) is 24.3 Å². The van der Waals surface area contributed by atoms with Crippen LogP contribution in [-0.2, 0) is 43.0 Å². The van der Waals surface area contributed by atoms with Crippen LogP contribution in [0.4, 0.5) is 10.5 Å². The van der Waals surface area contributed by atoms with Gasteiger partial charge >= 0.3 is 21.3 Å². The summed E-state index contributed by atoms with van der Waals surface area (Å²) in [6.45, 7) is 4.97. The molecule has 0 saturated heterocycles. The lowest BCUT2D eigenvalue weighted by molar-refractivity contribution is -0.384. The Balaban J connectivity index is 3.05. The van der Waals surface area contributed by atoms with Crippen molar-refractivity contribution in [3.63, 3.8) is 0 Å². The standard InChI is InChI=1S/C18H32N2O11P2Si/c1-26-32(24,27-2)18(31-34(5,6)7,33(25,28-3)29-4)12-13-19-17(21)30-14-15-8-10-16(11-9-15)20(22)23/h8-11H,12-14H2,1-7H3,(H,19,21). The van der Waals surface area contributed by atoms with E-state index in [-0.39, 0.29) is 25.3 Å². The Bertz CT molecular complexity index is 895. The van der Waals surface area contributed by atoms with Crippen LogP contribution < -0.4 is 5.32 Å². The van der Waals surface area contributed by atoms with E-state index in [0.29, 0.717) is 5.56 Å². The van der Waals surface area contributed by atoms with Crippen molar-refractivity contribution < 1.29 is 46.1 Å². The Labute approximate surface area is 199 Å². The summed E-state index contributed by atoms with van der Waals surface area (Å²) in [5, 5.41) is 11.0. The van der Waals surface area contributed by atoms with Crippen LogP contribution in [0.25, 0.3) is 0 Å². The summed E-state index contributed by atoms with van der Waals surface area (Å²) in [5.74, 6) is 0. The molecular weight excluding hydrogens is 510 g/mol. The van der Waals surface area contributed by atoms with Gasteiger partial charge in [0.15, 0.2) is 8.32 Å². The molecule has 34 heavy (non-hydrogen) atoms. The molecule has 0 saturated carbocycles. The lowest BCUT2D eigenvalue weighted by Gasteiger charge is -2.43. The van der Waals surface area contributed by atoms with Crippen LogP contribution >= 0.6 is 15.2 Å². The number of nitro groups is 1. The number of benzene rings is 1. The third-order valence-corrected chi connectivity index (χ3v) is 11.6. The van der Waals surface area contributed by atoms with Gasteiger partial charge < -0.3 is 32.6 Å². The minimum atomic E-state index is -4.26. The van der Waals surface area contributed by atoms with Crippen molar-refractivity contribution >= 4 is 35.3 Å². The Kier molecular flexibility index (Phi) is 11.1. The number of nitrogens with zero attached hydrogens (tertiary/aromatic N) is 1. The fraction of sp³-hybridized carbons (Fsp3) is 0.611. The zero-order valence-electron chi connectivity index (χ0n) is 20.3. The van der Waals surface area contributed by atoms with Crippen LogP contribution in [0.1, 0.15) is 12.0 Å². The molecule has 16 heteroatoms. The van der Waals surface area contributed by atoms with Crippen LogP contribution in [0.3, 0.4) is 0 Å². The fourth-order valence-corrected chi connectivity index (χ4v) is 11.0. The van der Waals surface area contributed by atoms with Crippen molar-refractivity contribution in [1.29, 1.82) is 0 Å². The molecule has 1 N–H and O–H groups in total. The second-order valence-corrected chi connectivity index (χ2v) is 17.5. The summed E-state index contributed by atoms with van der Waals surface area (Å²) in [4.78, 5) is 22.4. The highest BCUT2D eigenvalue weighted by atomic mass is 31.2. The van der Waals surface area contributed by atoms with Gasteiger partial charge in [-0.05, 0) is 37.3 Å². The topological polar surface area (TPSA) is 162 Å². The molecule has 1 amide bonds. The summed E-state index contributed by atoms with van der Waals surface area (Å²) in [5.41, 5.74) is 0.442. The van der Waals surface area contributed by atoms with Crippen molar-refractivity contribution in [2.45, 2.75) is 37.8 Å². The zero-order valence-corrected chi connectivity index (χ0v) is 23.1. The largest absolute Gasteiger partial charge is 0.445 e. The van der Waals surface area contributed by atoms with E-state index in [1.807, 2.05) is 0 Å². The predicted molar refractivity (Wildman–Crippen MR) is 126 cm³/mol. The average molecular weight is 542 g/mol. The molecule has 0 aromatic heterocycles. The van der Waals surface area contributed by atoms with Gasteiger partial charge in [0.1, 0.15) is 6.61 Å². The van der Waals surface area contributed by atoms with Crippen LogP contribution in [0.5, 0.6) is 0 Å². The van der Waals surface area contributed by atoms with Gasteiger partial charge in [0.05, 0.1) is 4.92 Å². The SMILES string of the molecule is COP(=O)(OC)C(CCNC(=O)OCc1ccc([N+](=O)[O-])cc1)(O[Si](C)(C)C)P(=O)(OC)OC. The summed E-state index contributed by atoms with van der Waals surface area (Å²) >= 11 is 0. The quantitative estimate of drug-likeness (QED) is 0.150. The molecule has 0 aliphatic rings. The summed E-state index contributed by atoms with van der Waals surface area (Å²) in [6.07, 6.45) is -1.16. The third-order valence-electron chi connectivity index (χ3n) is 4.52. The molecule has 194 valence electrons. The number of nitro benzene ring substituents is 1. The van der Waals surface area contributed by atoms with Gasteiger partial charge in [-0.2, -0.15) is 0 Å². The number of ether oxygens (including phenoxy) is 1. The molecule has 0 fully saturated rings. The normalized spacial score (nSPS) is 12.9.